The lowest BCUT2D eigenvalue weighted by atomic mass is 10.1. The first kappa shape index (κ1) is 18.0. The lowest BCUT2D eigenvalue weighted by Gasteiger charge is -2.05. The number of ketones is 1. The van der Waals surface area contributed by atoms with Gasteiger partial charge in [0.15, 0.2) is 5.78 Å². The average Bonchev–Trinajstić information content (AvgIpc) is 2.59. The van der Waals surface area contributed by atoms with Crippen molar-refractivity contribution in [2.24, 2.45) is 0 Å². The summed E-state index contributed by atoms with van der Waals surface area (Å²) in [6.07, 6.45) is 3.64. The third kappa shape index (κ3) is 4.84. The molecule has 0 fully saturated rings. The van der Waals surface area contributed by atoms with Crippen molar-refractivity contribution in [1.82, 2.24) is 4.72 Å². The molecule has 0 saturated carbocycles. The molecule has 0 aliphatic carbocycles. The SMILES string of the molecule is CCCNS(=O)(=O)c1ccc(C(=O)/C=C/c2ccc(F)cc2)cc1. The Labute approximate surface area is 141 Å². The van der Waals surface area contributed by atoms with Crippen LogP contribution in [-0.4, -0.2) is 20.7 Å². The Hall–Kier alpha value is -2.31. The second kappa shape index (κ2) is 7.99. The summed E-state index contributed by atoms with van der Waals surface area (Å²) in [7, 11) is -3.54. The van der Waals surface area contributed by atoms with Gasteiger partial charge >= 0.3 is 0 Å². The minimum atomic E-state index is -3.54. The van der Waals surface area contributed by atoms with Gasteiger partial charge in [-0.1, -0.05) is 25.1 Å². The maximum absolute atomic E-state index is 12.8. The molecule has 1 N–H and O–H groups in total. The summed E-state index contributed by atoms with van der Waals surface area (Å²) >= 11 is 0. The topological polar surface area (TPSA) is 63.2 Å². The van der Waals surface area contributed by atoms with Crippen molar-refractivity contribution in [3.63, 3.8) is 0 Å². The Morgan fingerprint density at radius 1 is 1.08 bits per heavy atom. The first-order chi connectivity index (χ1) is 11.4. The quantitative estimate of drug-likeness (QED) is 0.617. The molecule has 0 spiro atoms. The van der Waals surface area contributed by atoms with Crippen molar-refractivity contribution < 1.29 is 17.6 Å². The largest absolute Gasteiger partial charge is 0.289 e. The molecule has 2 rings (SSSR count). The molecule has 0 radical (unpaired) electrons. The summed E-state index contributed by atoms with van der Waals surface area (Å²) < 4.78 is 39.2. The van der Waals surface area contributed by atoms with Gasteiger partial charge < -0.3 is 0 Å². The molecule has 0 aromatic heterocycles. The van der Waals surface area contributed by atoms with Crippen LogP contribution in [0.15, 0.2) is 59.5 Å². The molecule has 0 atom stereocenters. The number of carbonyl (C=O) groups excluding carboxylic acids is 1. The lowest BCUT2D eigenvalue weighted by molar-refractivity contribution is 0.104. The van der Waals surface area contributed by atoms with Gasteiger partial charge in [-0.3, -0.25) is 4.79 Å². The van der Waals surface area contributed by atoms with Gasteiger partial charge in [0.2, 0.25) is 10.0 Å². The average molecular weight is 347 g/mol. The summed E-state index contributed by atoms with van der Waals surface area (Å²) in [5.41, 5.74) is 1.08. The number of carbonyl (C=O) groups is 1. The highest BCUT2D eigenvalue weighted by molar-refractivity contribution is 7.89. The maximum Gasteiger partial charge on any atom is 0.240 e. The molecule has 0 aliphatic heterocycles. The van der Waals surface area contributed by atoms with Crippen molar-refractivity contribution in [1.29, 1.82) is 0 Å². The molecule has 126 valence electrons. The maximum atomic E-state index is 12.8. The van der Waals surface area contributed by atoms with Gasteiger partial charge in [0, 0.05) is 12.1 Å². The highest BCUT2D eigenvalue weighted by Gasteiger charge is 2.13. The molecule has 24 heavy (non-hydrogen) atoms. The predicted molar refractivity (Wildman–Crippen MR) is 91.7 cm³/mol. The molecule has 0 heterocycles. The van der Waals surface area contributed by atoms with E-state index < -0.39 is 10.0 Å². The van der Waals surface area contributed by atoms with E-state index in [9.17, 15) is 17.6 Å². The van der Waals surface area contributed by atoms with Crippen LogP contribution in [0.1, 0.15) is 29.3 Å². The van der Waals surface area contributed by atoms with Crippen LogP contribution in [0.3, 0.4) is 0 Å². The zero-order valence-electron chi connectivity index (χ0n) is 13.2. The van der Waals surface area contributed by atoms with E-state index in [0.29, 0.717) is 24.1 Å². The van der Waals surface area contributed by atoms with E-state index in [4.69, 9.17) is 0 Å². The number of halogens is 1. The Morgan fingerprint density at radius 3 is 2.29 bits per heavy atom. The summed E-state index contributed by atoms with van der Waals surface area (Å²) in [6, 6.07) is 11.5. The number of benzene rings is 2. The molecule has 0 saturated heterocycles. The fraction of sp³-hybridized carbons (Fsp3) is 0.167. The van der Waals surface area contributed by atoms with Gasteiger partial charge in [0.05, 0.1) is 4.90 Å². The van der Waals surface area contributed by atoms with E-state index in [-0.39, 0.29) is 16.5 Å². The van der Waals surface area contributed by atoms with Crippen molar-refractivity contribution in [3.05, 3.63) is 71.6 Å². The summed E-state index contributed by atoms with van der Waals surface area (Å²) in [5.74, 6) is -0.600. The van der Waals surface area contributed by atoms with Crippen LogP contribution in [0.25, 0.3) is 6.08 Å². The Bertz CT molecular complexity index is 826. The Morgan fingerprint density at radius 2 is 1.71 bits per heavy atom. The molecular weight excluding hydrogens is 329 g/mol. The van der Waals surface area contributed by atoms with Crippen LogP contribution in [-0.2, 0) is 10.0 Å². The van der Waals surface area contributed by atoms with Crippen LogP contribution in [0.2, 0.25) is 0 Å². The van der Waals surface area contributed by atoms with Crippen molar-refractivity contribution in [3.8, 4) is 0 Å². The van der Waals surface area contributed by atoms with Crippen LogP contribution < -0.4 is 4.72 Å². The monoisotopic (exact) mass is 347 g/mol. The normalized spacial score (nSPS) is 11.8. The highest BCUT2D eigenvalue weighted by atomic mass is 32.2. The second-order valence-corrected chi connectivity index (χ2v) is 6.94. The minimum absolute atomic E-state index is 0.120. The van der Waals surface area contributed by atoms with E-state index >= 15 is 0 Å². The Kier molecular flexibility index (Phi) is 6.00. The molecule has 2 aromatic rings. The van der Waals surface area contributed by atoms with Gasteiger partial charge in [-0.2, -0.15) is 0 Å². The highest BCUT2D eigenvalue weighted by Crippen LogP contribution is 2.12. The van der Waals surface area contributed by atoms with Gasteiger partial charge in [-0.05, 0) is 54.5 Å². The smallest absolute Gasteiger partial charge is 0.240 e. The third-order valence-electron chi connectivity index (χ3n) is 3.29. The van der Waals surface area contributed by atoms with E-state index in [2.05, 4.69) is 4.72 Å². The van der Waals surface area contributed by atoms with Crippen molar-refractivity contribution >= 4 is 21.9 Å². The predicted octanol–water partition coefficient (Wildman–Crippen LogP) is 3.41. The number of rotatable bonds is 7. The van der Waals surface area contributed by atoms with Crippen molar-refractivity contribution in [2.75, 3.05) is 6.54 Å². The molecule has 4 nitrogen and oxygen atoms in total. The number of nitrogens with one attached hydrogen (secondary N) is 1. The summed E-state index contributed by atoms with van der Waals surface area (Å²) in [6.45, 7) is 2.24. The van der Waals surface area contributed by atoms with E-state index in [1.807, 2.05) is 6.92 Å². The fourth-order valence-electron chi connectivity index (χ4n) is 1.96. The fourth-order valence-corrected chi connectivity index (χ4v) is 3.09. The van der Waals surface area contributed by atoms with E-state index in [0.717, 1.165) is 0 Å². The molecule has 0 bridgehead atoms. The number of sulfonamides is 1. The third-order valence-corrected chi connectivity index (χ3v) is 4.77. The number of hydrogen-bond acceptors (Lipinski definition) is 3. The molecular formula is C18H18FNO3S. The molecule has 6 heteroatoms. The molecule has 0 unspecified atom stereocenters. The van der Waals surface area contributed by atoms with E-state index in [1.165, 1.54) is 42.5 Å². The standard InChI is InChI=1S/C18H18FNO3S/c1-2-13-20-24(22,23)17-10-6-15(7-11-17)18(21)12-5-14-3-8-16(19)9-4-14/h3-12,20H,2,13H2,1H3/b12-5+. The van der Waals surface area contributed by atoms with Crippen LogP contribution in [0, 0.1) is 5.82 Å². The zero-order valence-corrected chi connectivity index (χ0v) is 14.0. The van der Waals surface area contributed by atoms with Crippen LogP contribution in [0.5, 0.6) is 0 Å². The van der Waals surface area contributed by atoms with Gasteiger partial charge in [0.25, 0.3) is 0 Å². The lowest BCUT2D eigenvalue weighted by Crippen LogP contribution is -2.24. The number of allylic oxidation sites excluding steroid dienone is 1. The van der Waals surface area contributed by atoms with Gasteiger partial charge in [-0.25, -0.2) is 17.5 Å². The minimum Gasteiger partial charge on any atom is -0.289 e. The van der Waals surface area contributed by atoms with Crippen molar-refractivity contribution in [2.45, 2.75) is 18.2 Å². The molecule has 0 amide bonds. The number of hydrogen-bond donors (Lipinski definition) is 1. The first-order valence-electron chi connectivity index (χ1n) is 7.50. The van der Waals surface area contributed by atoms with Crippen LogP contribution >= 0.6 is 0 Å². The van der Waals surface area contributed by atoms with Gasteiger partial charge in [0.1, 0.15) is 5.82 Å². The second-order valence-electron chi connectivity index (χ2n) is 5.17. The first-order valence-corrected chi connectivity index (χ1v) is 8.98. The van der Waals surface area contributed by atoms with Gasteiger partial charge in [-0.15, -0.1) is 0 Å². The summed E-state index contributed by atoms with van der Waals surface area (Å²) in [4.78, 5) is 12.2. The summed E-state index contributed by atoms with van der Waals surface area (Å²) in [5, 5.41) is 0. The Balaban J connectivity index is 2.10. The van der Waals surface area contributed by atoms with Crippen LogP contribution in [0.4, 0.5) is 4.39 Å². The van der Waals surface area contributed by atoms with E-state index in [1.54, 1.807) is 18.2 Å². The molecule has 0 aliphatic rings. The zero-order chi connectivity index (χ0) is 17.6. The molecule has 2 aromatic carbocycles.